The van der Waals surface area contributed by atoms with Gasteiger partial charge in [0.25, 0.3) is 0 Å². The number of rotatable bonds is 2. The zero-order valence-electron chi connectivity index (χ0n) is 10.3. The number of hydrogen-bond donors (Lipinski definition) is 0. The molecular formula is C14H13FN4. The van der Waals surface area contributed by atoms with Crippen LogP contribution in [0, 0.1) is 17.1 Å². The fourth-order valence-electron chi connectivity index (χ4n) is 2.58. The maximum absolute atomic E-state index is 13.6. The Bertz CT molecular complexity index is 615. The van der Waals surface area contributed by atoms with Crippen molar-refractivity contribution < 1.29 is 4.39 Å². The van der Waals surface area contributed by atoms with Crippen molar-refractivity contribution in [3.05, 3.63) is 48.3 Å². The van der Waals surface area contributed by atoms with Crippen molar-refractivity contribution in [3.63, 3.8) is 0 Å². The van der Waals surface area contributed by atoms with E-state index in [0.717, 1.165) is 19.5 Å². The fourth-order valence-corrected chi connectivity index (χ4v) is 2.58. The molecule has 1 fully saturated rings. The highest BCUT2D eigenvalue weighted by molar-refractivity contribution is 5.60. The van der Waals surface area contributed by atoms with E-state index < -0.39 is 5.82 Å². The van der Waals surface area contributed by atoms with E-state index in [-0.39, 0.29) is 5.56 Å². The van der Waals surface area contributed by atoms with Gasteiger partial charge in [-0.05, 0) is 18.6 Å². The van der Waals surface area contributed by atoms with Crippen LogP contribution in [-0.2, 0) is 0 Å². The van der Waals surface area contributed by atoms with Crippen molar-refractivity contribution in [2.45, 2.75) is 12.5 Å². The lowest BCUT2D eigenvalue weighted by atomic mass is 10.1. The molecule has 1 saturated heterocycles. The van der Waals surface area contributed by atoms with Gasteiger partial charge in [-0.15, -0.1) is 0 Å². The van der Waals surface area contributed by atoms with Gasteiger partial charge in [0.15, 0.2) is 0 Å². The Balaban J connectivity index is 1.86. The molecule has 1 aromatic carbocycles. The quantitative estimate of drug-likeness (QED) is 0.828. The van der Waals surface area contributed by atoms with Gasteiger partial charge in [-0.25, -0.2) is 9.37 Å². The molecule has 0 bridgehead atoms. The van der Waals surface area contributed by atoms with Crippen LogP contribution in [0.4, 0.5) is 10.1 Å². The predicted molar refractivity (Wildman–Crippen MR) is 69.2 cm³/mol. The zero-order chi connectivity index (χ0) is 13.2. The summed E-state index contributed by atoms with van der Waals surface area (Å²) in [6.45, 7) is 1.59. The van der Waals surface area contributed by atoms with Crippen molar-refractivity contribution in [2.24, 2.45) is 0 Å². The van der Waals surface area contributed by atoms with Crippen molar-refractivity contribution in [1.82, 2.24) is 9.55 Å². The first-order chi connectivity index (χ1) is 9.29. The normalized spacial score (nSPS) is 18.5. The standard InChI is InChI=1S/C14H13FN4/c15-13-2-1-3-14(12(13)8-16)18-6-4-11(9-18)19-7-5-17-10-19/h1-3,5,7,10-11H,4,6,9H2. The SMILES string of the molecule is N#Cc1c(F)cccc1N1CCC(n2ccnc2)C1. The van der Waals surface area contributed by atoms with Crippen LogP contribution < -0.4 is 4.90 Å². The van der Waals surface area contributed by atoms with Gasteiger partial charge in [-0.2, -0.15) is 5.26 Å². The molecular weight excluding hydrogens is 243 g/mol. The Labute approximate surface area is 110 Å². The van der Waals surface area contributed by atoms with Gasteiger partial charge in [0.2, 0.25) is 0 Å². The van der Waals surface area contributed by atoms with Gasteiger partial charge in [-0.1, -0.05) is 6.07 Å². The van der Waals surface area contributed by atoms with Crippen LogP contribution in [-0.4, -0.2) is 22.6 Å². The molecule has 1 unspecified atom stereocenters. The summed E-state index contributed by atoms with van der Waals surface area (Å²) < 4.78 is 15.7. The lowest BCUT2D eigenvalue weighted by molar-refractivity contribution is 0.551. The van der Waals surface area contributed by atoms with Crippen molar-refractivity contribution in [1.29, 1.82) is 5.26 Å². The van der Waals surface area contributed by atoms with Gasteiger partial charge in [-0.3, -0.25) is 0 Å². The predicted octanol–water partition coefficient (Wildman–Crippen LogP) is 2.35. The molecule has 0 aliphatic carbocycles. The highest BCUT2D eigenvalue weighted by Gasteiger charge is 2.26. The van der Waals surface area contributed by atoms with Crippen LogP contribution in [0.3, 0.4) is 0 Å². The van der Waals surface area contributed by atoms with E-state index in [1.807, 2.05) is 12.3 Å². The van der Waals surface area contributed by atoms with E-state index in [0.29, 0.717) is 11.7 Å². The van der Waals surface area contributed by atoms with E-state index in [2.05, 4.69) is 14.5 Å². The van der Waals surface area contributed by atoms with Crippen LogP contribution in [0.15, 0.2) is 36.9 Å². The molecule has 0 N–H and O–H groups in total. The smallest absolute Gasteiger partial charge is 0.143 e. The summed E-state index contributed by atoms with van der Waals surface area (Å²) in [4.78, 5) is 6.11. The first-order valence-electron chi connectivity index (χ1n) is 6.20. The molecule has 2 aromatic rings. The third kappa shape index (κ3) is 2.06. The second kappa shape index (κ2) is 4.73. The molecule has 2 heterocycles. The second-order valence-electron chi connectivity index (χ2n) is 4.64. The van der Waals surface area contributed by atoms with Crippen LogP contribution in [0.2, 0.25) is 0 Å². The number of nitrogens with zero attached hydrogens (tertiary/aromatic N) is 4. The summed E-state index contributed by atoms with van der Waals surface area (Å²) >= 11 is 0. The van der Waals surface area contributed by atoms with Gasteiger partial charge < -0.3 is 9.47 Å². The lowest BCUT2D eigenvalue weighted by Crippen LogP contribution is -2.21. The molecule has 1 atom stereocenters. The molecule has 1 aliphatic rings. The molecule has 4 nitrogen and oxygen atoms in total. The number of anilines is 1. The first kappa shape index (κ1) is 11.7. The third-order valence-corrected chi connectivity index (χ3v) is 3.55. The van der Waals surface area contributed by atoms with E-state index >= 15 is 0 Å². The van der Waals surface area contributed by atoms with Gasteiger partial charge in [0.05, 0.1) is 18.1 Å². The average molecular weight is 256 g/mol. The summed E-state index contributed by atoms with van der Waals surface area (Å²) in [5, 5.41) is 9.08. The Morgan fingerprint density at radius 3 is 3.05 bits per heavy atom. The summed E-state index contributed by atoms with van der Waals surface area (Å²) in [5.74, 6) is -0.453. The number of imidazole rings is 1. The largest absolute Gasteiger partial charge is 0.368 e. The molecule has 0 saturated carbocycles. The summed E-state index contributed by atoms with van der Waals surface area (Å²) in [7, 11) is 0. The summed E-state index contributed by atoms with van der Waals surface area (Å²) in [6.07, 6.45) is 6.46. The topological polar surface area (TPSA) is 44.9 Å². The van der Waals surface area contributed by atoms with Gasteiger partial charge in [0.1, 0.15) is 17.4 Å². The molecule has 19 heavy (non-hydrogen) atoms. The van der Waals surface area contributed by atoms with Crippen LogP contribution in [0.5, 0.6) is 0 Å². The number of benzene rings is 1. The minimum absolute atomic E-state index is 0.133. The fraction of sp³-hybridized carbons (Fsp3) is 0.286. The Kier molecular flexibility index (Phi) is 2.92. The summed E-state index contributed by atoms with van der Waals surface area (Å²) in [6, 6.07) is 7.06. The zero-order valence-corrected chi connectivity index (χ0v) is 10.3. The molecule has 0 spiro atoms. The molecule has 96 valence electrons. The highest BCUT2D eigenvalue weighted by atomic mass is 19.1. The molecule has 5 heteroatoms. The van der Waals surface area contributed by atoms with E-state index in [9.17, 15) is 4.39 Å². The summed E-state index contributed by atoms with van der Waals surface area (Å²) in [5.41, 5.74) is 0.818. The molecule has 3 rings (SSSR count). The maximum Gasteiger partial charge on any atom is 0.143 e. The number of aromatic nitrogens is 2. The number of halogens is 1. The minimum atomic E-state index is -0.453. The van der Waals surface area contributed by atoms with E-state index in [4.69, 9.17) is 5.26 Å². The van der Waals surface area contributed by atoms with Gasteiger partial charge >= 0.3 is 0 Å². The number of hydrogen-bond acceptors (Lipinski definition) is 3. The molecule has 1 aliphatic heterocycles. The highest BCUT2D eigenvalue weighted by Crippen LogP contribution is 2.30. The second-order valence-corrected chi connectivity index (χ2v) is 4.64. The van der Waals surface area contributed by atoms with Crippen molar-refractivity contribution in [2.75, 3.05) is 18.0 Å². The average Bonchev–Trinajstić information content (AvgIpc) is 3.09. The van der Waals surface area contributed by atoms with E-state index in [1.54, 1.807) is 24.7 Å². The van der Waals surface area contributed by atoms with E-state index in [1.165, 1.54) is 6.07 Å². The molecule has 0 radical (unpaired) electrons. The van der Waals surface area contributed by atoms with Crippen molar-refractivity contribution >= 4 is 5.69 Å². The third-order valence-electron chi connectivity index (χ3n) is 3.55. The molecule has 1 aromatic heterocycles. The first-order valence-corrected chi connectivity index (χ1v) is 6.20. The van der Waals surface area contributed by atoms with Crippen LogP contribution in [0.1, 0.15) is 18.0 Å². The van der Waals surface area contributed by atoms with Gasteiger partial charge in [0, 0.05) is 25.5 Å². The van der Waals surface area contributed by atoms with Crippen LogP contribution in [0.25, 0.3) is 0 Å². The Hall–Kier alpha value is -2.35. The Morgan fingerprint density at radius 2 is 2.32 bits per heavy atom. The monoisotopic (exact) mass is 256 g/mol. The minimum Gasteiger partial charge on any atom is -0.368 e. The molecule has 0 amide bonds. The van der Waals surface area contributed by atoms with Crippen LogP contribution >= 0.6 is 0 Å². The number of nitriles is 1. The Morgan fingerprint density at radius 1 is 1.42 bits per heavy atom. The maximum atomic E-state index is 13.6. The van der Waals surface area contributed by atoms with Crippen molar-refractivity contribution in [3.8, 4) is 6.07 Å². The lowest BCUT2D eigenvalue weighted by Gasteiger charge is -2.20.